The van der Waals surface area contributed by atoms with E-state index in [-0.39, 0.29) is 5.91 Å². The molecule has 2 aliphatic heterocycles. The Bertz CT molecular complexity index is 254. The van der Waals surface area contributed by atoms with Crippen molar-refractivity contribution in [1.29, 1.82) is 0 Å². The molecule has 1 amide bonds. The minimum atomic E-state index is 0.0237. The van der Waals surface area contributed by atoms with Gasteiger partial charge in [0.25, 0.3) is 5.91 Å². The van der Waals surface area contributed by atoms with Crippen molar-refractivity contribution in [3.8, 4) is 0 Å². The molecule has 0 saturated heterocycles. The van der Waals surface area contributed by atoms with Crippen LogP contribution in [0.3, 0.4) is 0 Å². The fourth-order valence-electron chi connectivity index (χ4n) is 1.25. The first-order valence-electron chi connectivity index (χ1n) is 3.65. The highest BCUT2D eigenvalue weighted by atomic mass is 16.2. The van der Waals surface area contributed by atoms with Gasteiger partial charge in [-0.05, 0) is 12.8 Å². The number of rotatable bonds is 0. The zero-order valence-electron chi connectivity index (χ0n) is 6.05. The zero-order chi connectivity index (χ0) is 7.68. The number of carbonyl (C=O) groups excluding carboxylic acids is 1. The molecular formula is C7H9N3O. The van der Waals surface area contributed by atoms with Gasteiger partial charge >= 0.3 is 0 Å². The Kier molecular flexibility index (Phi) is 1.38. The fraction of sp³-hybridized carbons (Fsp3) is 0.429. The van der Waals surface area contributed by atoms with Crippen molar-refractivity contribution >= 4 is 12.1 Å². The van der Waals surface area contributed by atoms with E-state index in [1.165, 1.54) is 0 Å². The van der Waals surface area contributed by atoms with E-state index < -0.39 is 0 Å². The molecule has 0 unspecified atom stereocenters. The van der Waals surface area contributed by atoms with Crippen LogP contribution in [0.1, 0.15) is 12.8 Å². The monoisotopic (exact) mass is 151 g/mol. The van der Waals surface area contributed by atoms with Crippen LogP contribution in [-0.2, 0) is 4.79 Å². The van der Waals surface area contributed by atoms with Crippen molar-refractivity contribution in [3.05, 3.63) is 11.4 Å². The average molecular weight is 151 g/mol. The molecule has 0 saturated carbocycles. The summed E-state index contributed by atoms with van der Waals surface area (Å²) in [4.78, 5) is 15.2. The Morgan fingerprint density at radius 1 is 1.45 bits per heavy atom. The summed E-state index contributed by atoms with van der Waals surface area (Å²) in [5.74, 6) is 0.774. The molecule has 0 aromatic carbocycles. The van der Waals surface area contributed by atoms with Crippen LogP contribution in [0.2, 0.25) is 0 Å². The molecule has 2 rings (SSSR count). The molecule has 0 radical (unpaired) electrons. The predicted octanol–water partition coefficient (Wildman–Crippen LogP) is -0.261. The maximum Gasteiger partial charge on any atom is 0.252 e. The second kappa shape index (κ2) is 2.38. The summed E-state index contributed by atoms with van der Waals surface area (Å²) >= 11 is 0. The van der Waals surface area contributed by atoms with Gasteiger partial charge in [-0.3, -0.25) is 4.79 Å². The van der Waals surface area contributed by atoms with Crippen molar-refractivity contribution in [2.75, 3.05) is 6.67 Å². The summed E-state index contributed by atoms with van der Waals surface area (Å²) in [7, 11) is 0. The van der Waals surface area contributed by atoms with Gasteiger partial charge in [-0.1, -0.05) is 0 Å². The number of hydrogen-bond donors (Lipinski definition) is 2. The van der Waals surface area contributed by atoms with Crippen molar-refractivity contribution in [2.45, 2.75) is 12.8 Å². The van der Waals surface area contributed by atoms with Crippen LogP contribution in [0.4, 0.5) is 0 Å². The molecule has 4 heteroatoms. The zero-order valence-corrected chi connectivity index (χ0v) is 6.05. The second-order valence-electron chi connectivity index (χ2n) is 2.54. The van der Waals surface area contributed by atoms with Gasteiger partial charge in [0.1, 0.15) is 5.82 Å². The first-order chi connectivity index (χ1) is 5.38. The molecule has 0 spiro atoms. The molecule has 2 N–H and O–H groups in total. The number of carbonyl (C=O) groups is 1. The Morgan fingerprint density at radius 2 is 2.36 bits per heavy atom. The lowest BCUT2D eigenvalue weighted by atomic mass is 10.1. The first kappa shape index (κ1) is 6.39. The van der Waals surface area contributed by atoms with Gasteiger partial charge in [0, 0.05) is 6.21 Å². The van der Waals surface area contributed by atoms with Crippen molar-refractivity contribution in [2.24, 2.45) is 4.99 Å². The van der Waals surface area contributed by atoms with Crippen LogP contribution in [0.25, 0.3) is 0 Å². The Hall–Kier alpha value is -1.32. The standard InChI is InChI=1S/C7H9N3O/c11-7-5-2-1-3-8-6(5)9-4-10-7/h3,9H,1-2,4H2,(H,10,11). The lowest BCUT2D eigenvalue weighted by Crippen LogP contribution is -2.41. The normalized spacial score (nSPS) is 22.4. The quantitative estimate of drug-likeness (QED) is 0.501. The van der Waals surface area contributed by atoms with E-state index in [0.717, 1.165) is 24.2 Å². The predicted molar refractivity (Wildman–Crippen MR) is 40.9 cm³/mol. The smallest absolute Gasteiger partial charge is 0.252 e. The highest BCUT2D eigenvalue weighted by Gasteiger charge is 2.20. The highest BCUT2D eigenvalue weighted by molar-refractivity contribution is 5.96. The largest absolute Gasteiger partial charge is 0.352 e. The fourth-order valence-corrected chi connectivity index (χ4v) is 1.25. The Balaban J connectivity index is 2.35. The third-order valence-corrected chi connectivity index (χ3v) is 1.81. The van der Waals surface area contributed by atoms with Gasteiger partial charge in [-0.15, -0.1) is 0 Å². The van der Waals surface area contributed by atoms with Gasteiger partial charge in [-0.2, -0.15) is 0 Å². The summed E-state index contributed by atoms with van der Waals surface area (Å²) in [5.41, 5.74) is 0.791. The number of nitrogens with zero attached hydrogens (tertiary/aromatic N) is 1. The van der Waals surface area contributed by atoms with Crippen molar-refractivity contribution < 1.29 is 4.79 Å². The van der Waals surface area contributed by atoms with E-state index in [4.69, 9.17) is 0 Å². The molecule has 0 aromatic heterocycles. The third-order valence-electron chi connectivity index (χ3n) is 1.81. The minimum absolute atomic E-state index is 0.0237. The minimum Gasteiger partial charge on any atom is -0.352 e. The molecule has 2 aliphatic rings. The van der Waals surface area contributed by atoms with Gasteiger partial charge in [-0.25, -0.2) is 4.99 Å². The van der Waals surface area contributed by atoms with Crippen LogP contribution < -0.4 is 10.6 Å². The van der Waals surface area contributed by atoms with Gasteiger partial charge < -0.3 is 10.6 Å². The molecule has 0 bridgehead atoms. The van der Waals surface area contributed by atoms with Gasteiger partial charge in [0.15, 0.2) is 0 Å². The Labute approximate surface area is 64.4 Å². The summed E-state index contributed by atoms with van der Waals surface area (Å²) in [6.07, 6.45) is 3.51. The van der Waals surface area contributed by atoms with E-state index in [0.29, 0.717) is 6.67 Å². The molecule has 2 heterocycles. The van der Waals surface area contributed by atoms with Gasteiger partial charge in [0.05, 0.1) is 12.2 Å². The van der Waals surface area contributed by atoms with Crippen LogP contribution in [-0.4, -0.2) is 18.8 Å². The lowest BCUT2D eigenvalue weighted by Gasteiger charge is -2.21. The average Bonchev–Trinajstić information content (AvgIpc) is 2.06. The Morgan fingerprint density at radius 3 is 3.18 bits per heavy atom. The van der Waals surface area contributed by atoms with Crippen LogP contribution in [0.15, 0.2) is 16.4 Å². The molecular weight excluding hydrogens is 142 g/mol. The van der Waals surface area contributed by atoms with E-state index in [9.17, 15) is 4.79 Å². The molecule has 0 fully saturated rings. The van der Waals surface area contributed by atoms with E-state index in [1.807, 2.05) is 6.21 Å². The number of amides is 1. The summed E-state index contributed by atoms with van der Waals surface area (Å²) in [6, 6.07) is 0. The topological polar surface area (TPSA) is 53.5 Å². The maximum absolute atomic E-state index is 11.1. The van der Waals surface area contributed by atoms with Crippen LogP contribution >= 0.6 is 0 Å². The number of aliphatic imine (C=N–C) groups is 1. The molecule has 11 heavy (non-hydrogen) atoms. The molecule has 0 aromatic rings. The van der Waals surface area contributed by atoms with Crippen molar-refractivity contribution in [1.82, 2.24) is 10.6 Å². The number of nitrogens with one attached hydrogen (secondary N) is 2. The van der Waals surface area contributed by atoms with E-state index >= 15 is 0 Å². The second-order valence-corrected chi connectivity index (χ2v) is 2.54. The van der Waals surface area contributed by atoms with E-state index in [2.05, 4.69) is 15.6 Å². The SMILES string of the molecule is O=C1NCNC2=C1CCC=N2. The highest BCUT2D eigenvalue weighted by Crippen LogP contribution is 2.16. The summed E-state index contributed by atoms with van der Waals surface area (Å²) in [6.45, 7) is 0.495. The molecule has 58 valence electrons. The lowest BCUT2D eigenvalue weighted by molar-refractivity contribution is -0.118. The van der Waals surface area contributed by atoms with Crippen molar-refractivity contribution in [3.63, 3.8) is 0 Å². The maximum atomic E-state index is 11.1. The van der Waals surface area contributed by atoms with Crippen LogP contribution in [0.5, 0.6) is 0 Å². The molecule has 0 aliphatic carbocycles. The molecule has 0 atom stereocenters. The molecule has 4 nitrogen and oxygen atoms in total. The number of hydrogen-bond acceptors (Lipinski definition) is 3. The van der Waals surface area contributed by atoms with Crippen LogP contribution in [0, 0.1) is 0 Å². The van der Waals surface area contributed by atoms with Gasteiger partial charge in [0.2, 0.25) is 0 Å². The summed E-state index contributed by atoms with van der Waals surface area (Å²) in [5, 5.41) is 5.70. The third kappa shape index (κ3) is 1.00. The summed E-state index contributed by atoms with van der Waals surface area (Å²) < 4.78 is 0. The van der Waals surface area contributed by atoms with E-state index in [1.54, 1.807) is 0 Å². The first-order valence-corrected chi connectivity index (χ1v) is 3.65.